The van der Waals surface area contributed by atoms with E-state index < -0.39 is 0 Å². The van der Waals surface area contributed by atoms with Gasteiger partial charge in [-0.1, -0.05) is 19.4 Å². The van der Waals surface area contributed by atoms with Crippen LogP contribution < -0.4 is 11.1 Å². The molecule has 1 heterocycles. The predicted octanol–water partition coefficient (Wildman–Crippen LogP) is 2.65. The lowest BCUT2D eigenvalue weighted by atomic mass is 9.86. The van der Waals surface area contributed by atoms with E-state index in [-0.39, 0.29) is 0 Å². The first-order chi connectivity index (χ1) is 6.70. The van der Waals surface area contributed by atoms with E-state index in [2.05, 4.69) is 25.2 Å². The van der Waals surface area contributed by atoms with Crippen molar-refractivity contribution >= 4 is 11.4 Å². The highest BCUT2D eigenvalue weighted by Crippen LogP contribution is 2.31. The van der Waals surface area contributed by atoms with Crippen LogP contribution in [0.3, 0.4) is 0 Å². The van der Waals surface area contributed by atoms with Crippen molar-refractivity contribution in [1.82, 2.24) is 0 Å². The molecule has 2 heteroatoms. The first-order valence-corrected chi connectivity index (χ1v) is 5.35. The lowest BCUT2D eigenvalue weighted by Crippen LogP contribution is -2.31. The number of benzene rings is 1. The van der Waals surface area contributed by atoms with E-state index in [0.717, 1.165) is 11.6 Å². The highest BCUT2D eigenvalue weighted by atomic mass is 14.9. The fraction of sp³-hybridized carbons (Fsp3) is 0.500. The monoisotopic (exact) mass is 190 g/mol. The van der Waals surface area contributed by atoms with E-state index in [4.69, 9.17) is 5.73 Å². The molecule has 2 rings (SSSR count). The second-order valence-electron chi connectivity index (χ2n) is 4.22. The molecule has 0 spiro atoms. The molecule has 3 N–H and O–H groups in total. The number of nitrogens with one attached hydrogen (secondary N) is 1. The van der Waals surface area contributed by atoms with Gasteiger partial charge in [0.1, 0.15) is 0 Å². The maximum absolute atomic E-state index is 5.75. The number of nitrogens with two attached hydrogens (primary N) is 1. The standard InChI is InChI=1S/C12H18N2/c1-3-9-6-10-4-5-11(13)7-12(10)14-8(9)2/h4-5,7-9,14H,3,6,13H2,1-2H3. The molecule has 1 aromatic rings. The Morgan fingerprint density at radius 3 is 3.00 bits per heavy atom. The van der Waals surface area contributed by atoms with Gasteiger partial charge in [0.25, 0.3) is 0 Å². The van der Waals surface area contributed by atoms with Crippen LogP contribution in [0.15, 0.2) is 18.2 Å². The van der Waals surface area contributed by atoms with Gasteiger partial charge in [-0.15, -0.1) is 0 Å². The minimum Gasteiger partial charge on any atom is -0.399 e. The molecule has 2 atom stereocenters. The maximum atomic E-state index is 5.75. The SMILES string of the molecule is CCC1Cc2ccc(N)cc2NC1C. The van der Waals surface area contributed by atoms with Crippen LogP contribution in [-0.2, 0) is 6.42 Å². The number of fused-ring (bicyclic) bond motifs is 1. The summed E-state index contributed by atoms with van der Waals surface area (Å²) in [5.74, 6) is 0.756. The van der Waals surface area contributed by atoms with Gasteiger partial charge < -0.3 is 11.1 Å². The first-order valence-electron chi connectivity index (χ1n) is 5.35. The van der Waals surface area contributed by atoms with Gasteiger partial charge in [0.2, 0.25) is 0 Å². The van der Waals surface area contributed by atoms with E-state index in [1.807, 2.05) is 12.1 Å². The summed E-state index contributed by atoms with van der Waals surface area (Å²) in [7, 11) is 0. The Balaban J connectivity index is 2.30. The van der Waals surface area contributed by atoms with Crippen molar-refractivity contribution in [1.29, 1.82) is 0 Å². The summed E-state index contributed by atoms with van der Waals surface area (Å²) < 4.78 is 0. The number of hydrogen-bond acceptors (Lipinski definition) is 2. The van der Waals surface area contributed by atoms with Crippen LogP contribution in [0.25, 0.3) is 0 Å². The van der Waals surface area contributed by atoms with E-state index >= 15 is 0 Å². The van der Waals surface area contributed by atoms with Crippen molar-refractivity contribution in [3.63, 3.8) is 0 Å². The fourth-order valence-corrected chi connectivity index (χ4v) is 2.23. The van der Waals surface area contributed by atoms with Crippen LogP contribution in [0, 0.1) is 5.92 Å². The van der Waals surface area contributed by atoms with Gasteiger partial charge in [0.15, 0.2) is 0 Å². The molecule has 1 aliphatic heterocycles. The molecule has 1 aromatic carbocycles. The molecule has 0 radical (unpaired) electrons. The third kappa shape index (κ3) is 1.57. The van der Waals surface area contributed by atoms with Crippen molar-refractivity contribution in [3.8, 4) is 0 Å². The molecule has 0 saturated carbocycles. The third-order valence-electron chi connectivity index (χ3n) is 3.23. The summed E-state index contributed by atoms with van der Waals surface area (Å²) >= 11 is 0. The van der Waals surface area contributed by atoms with Gasteiger partial charge in [0, 0.05) is 17.4 Å². The average molecular weight is 190 g/mol. The van der Waals surface area contributed by atoms with Crippen LogP contribution in [0.5, 0.6) is 0 Å². The molecule has 1 aliphatic rings. The van der Waals surface area contributed by atoms with Crippen LogP contribution in [0.4, 0.5) is 11.4 Å². The minimum atomic E-state index is 0.564. The summed E-state index contributed by atoms with van der Waals surface area (Å²) in [6.07, 6.45) is 2.41. The Labute approximate surface area is 85.5 Å². The van der Waals surface area contributed by atoms with Gasteiger partial charge in [0.05, 0.1) is 0 Å². The summed E-state index contributed by atoms with van der Waals surface area (Å²) in [6, 6.07) is 6.74. The normalized spacial score (nSPS) is 25.3. The molecule has 14 heavy (non-hydrogen) atoms. The lowest BCUT2D eigenvalue weighted by molar-refractivity contribution is 0.436. The Hall–Kier alpha value is -1.18. The van der Waals surface area contributed by atoms with E-state index in [9.17, 15) is 0 Å². The highest BCUT2D eigenvalue weighted by molar-refractivity contribution is 5.61. The summed E-state index contributed by atoms with van der Waals surface area (Å²) in [4.78, 5) is 0. The molecule has 0 bridgehead atoms. The Kier molecular flexibility index (Phi) is 2.36. The van der Waals surface area contributed by atoms with Crippen molar-refractivity contribution in [3.05, 3.63) is 23.8 Å². The van der Waals surface area contributed by atoms with E-state index in [0.29, 0.717) is 6.04 Å². The molecule has 0 amide bonds. The van der Waals surface area contributed by atoms with E-state index in [1.165, 1.54) is 24.1 Å². The van der Waals surface area contributed by atoms with Crippen molar-refractivity contribution in [2.75, 3.05) is 11.1 Å². The molecule has 0 fully saturated rings. The summed E-state index contributed by atoms with van der Waals surface area (Å²) in [5, 5.41) is 3.52. The van der Waals surface area contributed by atoms with E-state index in [1.54, 1.807) is 0 Å². The topological polar surface area (TPSA) is 38.0 Å². The summed E-state index contributed by atoms with van der Waals surface area (Å²) in [5.41, 5.74) is 9.23. The quantitative estimate of drug-likeness (QED) is 0.668. The average Bonchev–Trinajstić information content (AvgIpc) is 2.16. The number of rotatable bonds is 1. The highest BCUT2D eigenvalue weighted by Gasteiger charge is 2.22. The number of hydrogen-bond donors (Lipinski definition) is 2. The zero-order chi connectivity index (χ0) is 10.1. The van der Waals surface area contributed by atoms with Gasteiger partial charge in [-0.3, -0.25) is 0 Å². The molecular formula is C12H18N2. The zero-order valence-electron chi connectivity index (χ0n) is 8.88. The minimum absolute atomic E-state index is 0.564. The largest absolute Gasteiger partial charge is 0.399 e. The van der Waals surface area contributed by atoms with Crippen molar-refractivity contribution in [2.24, 2.45) is 5.92 Å². The Morgan fingerprint density at radius 2 is 2.29 bits per heavy atom. The third-order valence-corrected chi connectivity index (χ3v) is 3.23. The Morgan fingerprint density at radius 1 is 1.50 bits per heavy atom. The number of nitrogen functional groups attached to an aromatic ring is 1. The zero-order valence-corrected chi connectivity index (χ0v) is 8.88. The second kappa shape index (κ2) is 3.52. The molecule has 0 saturated heterocycles. The smallest absolute Gasteiger partial charge is 0.0395 e. The molecule has 2 unspecified atom stereocenters. The van der Waals surface area contributed by atoms with Crippen LogP contribution in [0.2, 0.25) is 0 Å². The van der Waals surface area contributed by atoms with Gasteiger partial charge in [-0.25, -0.2) is 0 Å². The van der Waals surface area contributed by atoms with Crippen LogP contribution >= 0.6 is 0 Å². The first kappa shape index (κ1) is 9.38. The van der Waals surface area contributed by atoms with Crippen molar-refractivity contribution in [2.45, 2.75) is 32.7 Å². The predicted molar refractivity (Wildman–Crippen MR) is 61.4 cm³/mol. The van der Waals surface area contributed by atoms with Gasteiger partial charge in [-0.05, 0) is 37.0 Å². The molecule has 0 aliphatic carbocycles. The maximum Gasteiger partial charge on any atom is 0.0395 e. The lowest BCUT2D eigenvalue weighted by Gasteiger charge is -2.32. The summed E-state index contributed by atoms with van der Waals surface area (Å²) in [6.45, 7) is 4.51. The second-order valence-corrected chi connectivity index (χ2v) is 4.22. The van der Waals surface area contributed by atoms with Crippen LogP contribution in [0.1, 0.15) is 25.8 Å². The fourth-order valence-electron chi connectivity index (χ4n) is 2.23. The molecule has 76 valence electrons. The number of anilines is 2. The van der Waals surface area contributed by atoms with Crippen LogP contribution in [-0.4, -0.2) is 6.04 Å². The van der Waals surface area contributed by atoms with Crippen molar-refractivity contribution < 1.29 is 0 Å². The van der Waals surface area contributed by atoms with Gasteiger partial charge >= 0.3 is 0 Å². The van der Waals surface area contributed by atoms with Gasteiger partial charge in [-0.2, -0.15) is 0 Å². The molecular weight excluding hydrogens is 172 g/mol. The molecule has 0 aromatic heterocycles. The Bertz CT molecular complexity index is 333. The molecule has 2 nitrogen and oxygen atoms in total.